The Bertz CT molecular complexity index is 682. The summed E-state index contributed by atoms with van der Waals surface area (Å²) in [5, 5.41) is 7.50. The first-order chi connectivity index (χ1) is 12.9. The van der Waals surface area contributed by atoms with Crippen LogP contribution >= 0.6 is 0 Å². The molecule has 0 amide bonds. The first-order valence-electron chi connectivity index (χ1n) is 9.33. The maximum absolute atomic E-state index is 6.05. The van der Waals surface area contributed by atoms with E-state index < -0.39 is 0 Å². The van der Waals surface area contributed by atoms with Crippen molar-refractivity contribution in [3.63, 3.8) is 0 Å². The summed E-state index contributed by atoms with van der Waals surface area (Å²) in [5.41, 5.74) is 0. The van der Waals surface area contributed by atoms with Gasteiger partial charge in [-0.05, 0) is 31.7 Å². The molecule has 0 radical (unpaired) electrons. The molecule has 1 saturated heterocycles. The Labute approximate surface area is 152 Å². The zero-order chi connectivity index (χ0) is 17.6. The van der Waals surface area contributed by atoms with Gasteiger partial charge in [-0.25, -0.2) is 4.68 Å². The molecule has 0 spiro atoms. The lowest BCUT2D eigenvalue weighted by atomic mass is 9.98. The highest BCUT2D eigenvalue weighted by Gasteiger charge is 2.18. The number of hydrogen-bond acceptors (Lipinski definition) is 8. The molecule has 0 aromatic carbocycles. The molecule has 9 heteroatoms. The predicted molar refractivity (Wildman–Crippen MR) is 95.3 cm³/mol. The molecule has 0 atom stereocenters. The highest BCUT2D eigenvalue weighted by molar-refractivity contribution is 5.30. The fraction of sp³-hybridized carbons (Fsp3) is 0.647. The van der Waals surface area contributed by atoms with Crippen molar-refractivity contribution in [1.82, 2.24) is 29.6 Å². The Kier molecular flexibility index (Phi) is 5.56. The van der Waals surface area contributed by atoms with Crippen molar-refractivity contribution < 1.29 is 9.47 Å². The van der Waals surface area contributed by atoms with Crippen molar-refractivity contribution in [3.8, 4) is 12.0 Å². The van der Waals surface area contributed by atoms with Crippen molar-refractivity contribution >= 4 is 5.95 Å². The fourth-order valence-electron chi connectivity index (χ4n) is 3.24. The van der Waals surface area contributed by atoms with Crippen LogP contribution < -0.4 is 10.1 Å². The van der Waals surface area contributed by atoms with Crippen LogP contribution in [0.5, 0.6) is 6.01 Å². The highest BCUT2D eigenvalue weighted by Crippen LogP contribution is 2.22. The van der Waals surface area contributed by atoms with Gasteiger partial charge in [0, 0.05) is 25.5 Å². The van der Waals surface area contributed by atoms with Crippen LogP contribution in [0.4, 0.5) is 5.95 Å². The highest BCUT2D eigenvalue weighted by atomic mass is 16.5. The van der Waals surface area contributed by atoms with Crippen LogP contribution in [0, 0.1) is 0 Å². The number of rotatable bonds is 6. The lowest BCUT2D eigenvalue weighted by molar-refractivity contribution is 0.0413. The van der Waals surface area contributed by atoms with Gasteiger partial charge >= 0.3 is 6.01 Å². The molecule has 2 aromatic rings. The fourth-order valence-corrected chi connectivity index (χ4v) is 3.24. The van der Waals surface area contributed by atoms with Gasteiger partial charge in [0.15, 0.2) is 0 Å². The second kappa shape index (κ2) is 8.41. The minimum atomic E-state index is 0.184. The third-order valence-corrected chi connectivity index (χ3v) is 4.70. The Hall–Kier alpha value is -2.26. The summed E-state index contributed by atoms with van der Waals surface area (Å²) in [6, 6.07) is 2.20. The lowest BCUT2D eigenvalue weighted by Gasteiger charge is -2.26. The second-order valence-electron chi connectivity index (χ2n) is 6.64. The number of anilines is 1. The largest absolute Gasteiger partial charge is 0.460 e. The van der Waals surface area contributed by atoms with Gasteiger partial charge in [-0.15, -0.1) is 0 Å². The molecule has 9 nitrogen and oxygen atoms in total. The lowest BCUT2D eigenvalue weighted by Crippen LogP contribution is -2.39. The van der Waals surface area contributed by atoms with E-state index in [4.69, 9.17) is 9.47 Å². The molecule has 1 aliphatic heterocycles. The predicted octanol–water partition coefficient (Wildman–Crippen LogP) is 1.47. The van der Waals surface area contributed by atoms with Gasteiger partial charge in [0.2, 0.25) is 5.95 Å². The van der Waals surface area contributed by atoms with E-state index in [0.717, 1.165) is 39.1 Å². The second-order valence-corrected chi connectivity index (χ2v) is 6.64. The number of nitrogens with zero attached hydrogens (tertiary/aromatic N) is 6. The Balaban J connectivity index is 1.49. The van der Waals surface area contributed by atoms with Crippen LogP contribution in [-0.2, 0) is 4.74 Å². The van der Waals surface area contributed by atoms with E-state index >= 15 is 0 Å². The van der Waals surface area contributed by atoms with Crippen LogP contribution in [0.15, 0.2) is 18.5 Å². The molecule has 0 unspecified atom stereocenters. The van der Waals surface area contributed by atoms with Crippen molar-refractivity contribution in [1.29, 1.82) is 0 Å². The van der Waals surface area contributed by atoms with E-state index in [9.17, 15) is 0 Å². The van der Waals surface area contributed by atoms with E-state index in [1.165, 1.54) is 19.3 Å². The molecule has 140 valence electrons. The Morgan fingerprint density at radius 1 is 1.12 bits per heavy atom. The van der Waals surface area contributed by atoms with Gasteiger partial charge < -0.3 is 14.8 Å². The summed E-state index contributed by atoms with van der Waals surface area (Å²) >= 11 is 0. The van der Waals surface area contributed by atoms with Crippen molar-refractivity contribution in [2.75, 3.05) is 38.3 Å². The van der Waals surface area contributed by atoms with Gasteiger partial charge in [0.1, 0.15) is 6.10 Å². The quantitative estimate of drug-likeness (QED) is 0.829. The minimum Gasteiger partial charge on any atom is -0.460 e. The zero-order valence-electron chi connectivity index (χ0n) is 14.9. The van der Waals surface area contributed by atoms with Crippen LogP contribution in [0.2, 0.25) is 0 Å². The molecular formula is C17H25N7O2. The zero-order valence-corrected chi connectivity index (χ0v) is 14.9. The standard InChI is InChI=1S/C17H25N7O2/c1-2-5-14(6-3-1)26-17-21-15(18-13-23-9-11-25-12-10-23)20-16(22-17)24-8-4-7-19-24/h4,7-8,14H,1-3,5-6,9-13H2,(H,18,20,21,22). The maximum Gasteiger partial charge on any atom is 0.323 e. The van der Waals surface area contributed by atoms with Crippen molar-refractivity contribution in [3.05, 3.63) is 18.5 Å². The first kappa shape index (κ1) is 17.2. The summed E-state index contributed by atoms with van der Waals surface area (Å²) in [4.78, 5) is 15.7. The molecule has 1 N–H and O–H groups in total. The van der Waals surface area contributed by atoms with Gasteiger partial charge in [0.25, 0.3) is 5.95 Å². The molecule has 2 fully saturated rings. The number of hydrogen-bond donors (Lipinski definition) is 1. The summed E-state index contributed by atoms with van der Waals surface area (Å²) < 4.78 is 13.1. The first-order valence-corrected chi connectivity index (χ1v) is 9.33. The van der Waals surface area contributed by atoms with Crippen molar-refractivity contribution in [2.24, 2.45) is 0 Å². The van der Waals surface area contributed by atoms with Crippen molar-refractivity contribution in [2.45, 2.75) is 38.2 Å². The van der Waals surface area contributed by atoms with Crippen LogP contribution in [-0.4, -0.2) is 68.7 Å². The van der Waals surface area contributed by atoms with Crippen LogP contribution in [0.25, 0.3) is 5.95 Å². The van der Waals surface area contributed by atoms with Crippen LogP contribution in [0.1, 0.15) is 32.1 Å². The van der Waals surface area contributed by atoms with E-state index in [2.05, 4.69) is 30.3 Å². The molecule has 2 aromatic heterocycles. The average molecular weight is 359 g/mol. The summed E-state index contributed by atoms with van der Waals surface area (Å²) in [7, 11) is 0. The summed E-state index contributed by atoms with van der Waals surface area (Å²) in [6.07, 6.45) is 9.48. The number of nitrogens with one attached hydrogen (secondary N) is 1. The molecule has 1 aliphatic carbocycles. The summed E-state index contributed by atoms with van der Waals surface area (Å²) in [6.45, 7) is 3.97. The van der Waals surface area contributed by atoms with E-state index in [-0.39, 0.29) is 6.10 Å². The third kappa shape index (κ3) is 4.47. The molecule has 26 heavy (non-hydrogen) atoms. The summed E-state index contributed by atoms with van der Waals surface area (Å²) in [5.74, 6) is 0.961. The molecule has 4 rings (SSSR count). The Morgan fingerprint density at radius 3 is 2.73 bits per heavy atom. The number of aromatic nitrogens is 5. The SMILES string of the molecule is c1cnn(-c2nc(NCN3CCOCC3)nc(OC3CCCCC3)n2)c1. The number of morpholine rings is 1. The minimum absolute atomic E-state index is 0.184. The molecule has 2 aliphatic rings. The van der Waals surface area contributed by atoms with Gasteiger partial charge in [-0.2, -0.15) is 20.1 Å². The molecule has 3 heterocycles. The topological polar surface area (TPSA) is 90.2 Å². The smallest absolute Gasteiger partial charge is 0.323 e. The average Bonchev–Trinajstić information content (AvgIpc) is 3.23. The monoisotopic (exact) mass is 359 g/mol. The van der Waals surface area contributed by atoms with E-state index in [1.54, 1.807) is 10.9 Å². The van der Waals surface area contributed by atoms with Gasteiger partial charge in [0.05, 0.1) is 19.9 Å². The number of ether oxygens (including phenoxy) is 2. The van der Waals surface area contributed by atoms with Gasteiger partial charge in [-0.1, -0.05) is 6.42 Å². The van der Waals surface area contributed by atoms with Gasteiger partial charge in [-0.3, -0.25) is 4.90 Å². The van der Waals surface area contributed by atoms with Crippen LogP contribution in [0.3, 0.4) is 0 Å². The Morgan fingerprint density at radius 2 is 1.96 bits per heavy atom. The third-order valence-electron chi connectivity index (χ3n) is 4.70. The van der Waals surface area contributed by atoms with E-state index in [1.807, 2.05) is 12.3 Å². The van der Waals surface area contributed by atoms with E-state index in [0.29, 0.717) is 24.6 Å². The molecule has 0 bridgehead atoms. The normalized spacial score (nSPS) is 19.4. The molecule has 1 saturated carbocycles. The maximum atomic E-state index is 6.05. The molecular weight excluding hydrogens is 334 g/mol.